The lowest BCUT2D eigenvalue weighted by Crippen LogP contribution is -2.52. The number of benzene rings is 2. The van der Waals surface area contributed by atoms with Crippen LogP contribution in [0.15, 0.2) is 48.5 Å². The zero-order chi connectivity index (χ0) is 19.2. The molecule has 5 heteroatoms. The van der Waals surface area contributed by atoms with Crippen LogP contribution in [0, 0.1) is 5.92 Å². The third kappa shape index (κ3) is 4.01. The van der Waals surface area contributed by atoms with Gasteiger partial charge in [-0.25, -0.2) is 0 Å². The average Bonchev–Trinajstić information content (AvgIpc) is 3.44. The molecule has 4 rings (SSSR count). The maximum atomic E-state index is 13.4. The number of carbonyl (C=O) groups excluding carboxylic acids is 1. The highest BCUT2D eigenvalue weighted by Crippen LogP contribution is 2.55. The second-order valence-corrected chi connectivity index (χ2v) is 10.6. The molecule has 27 heavy (non-hydrogen) atoms. The predicted octanol–water partition coefficient (Wildman–Crippen LogP) is 6.54. The van der Waals surface area contributed by atoms with Crippen molar-refractivity contribution in [3.8, 4) is 0 Å². The fraction of sp³-hybridized carbons (Fsp3) is 0.409. The third-order valence-electron chi connectivity index (χ3n) is 5.36. The molecule has 1 heterocycles. The monoisotopic (exact) mass is 419 g/mol. The summed E-state index contributed by atoms with van der Waals surface area (Å²) in [6.07, 6.45) is 2.43. The van der Waals surface area contributed by atoms with Gasteiger partial charge >= 0.3 is 0 Å². The number of halogens is 2. The van der Waals surface area contributed by atoms with Crippen LogP contribution in [0.1, 0.15) is 49.1 Å². The summed E-state index contributed by atoms with van der Waals surface area (Å²) in [5.74, 6) is 0.847. The fourth-order valence-electron chi connectivity index (χ4n) is 3.79. The second kappa shape index (κ2) is 7.35. The molecule has 0 N–H and O–H groups in total. The first-order valence-electron chi connectivity index (χ1n) is 9.35. The van der Waals surface area contributed by atoms with Crippen LogP contribution in [0.2, 0.25) is 10.0 Å². The van der Waals surface area contributed by atoms with Gasteiger partial charge < -0.3 is 4.90 Å². The molecule has 1 aliphatic carbocycles. The number of amides is 1. The molecule has 0 radical (unpaired) electrons. The van der Waals surface area contributed by atoms with Crippen LogP contribution in [-0.2, 0) is 4.79 Å². The Labute approximate surface area is 175 Å². The van der Waals surface area contributed by atoms with Gasteiger partial charge in [-0.1, -0.05) is 47.5 Å². The first-order valence-corrected chi connectivity index (χ1v) is 11.0. The van der Waals surface area contributed by atoms with Crippen LogP contribution in [-0.4, -0.2) is 22.1 Å². The first-order chi connectivity index (χ1) is 12.8. The lowest BCUT2D eigenvalue weighted by molar-refractivity contribution is -0.136. The molecule has 2 aromatic carbocycles. The molecule has 0 aromatic heterocycles. The van der Waals surface area contributed by atoms with Crippen molar-refractivity contribution in [2.24, 2.45) is 5.92 Å². The van der Waals surface area contributed by atoms with Crippen LogP contribution < -0.4 is 0 Å². The SMILES string of the molecule is CC1(C)S[C@@H](c2cccc(Cl)c2)[C@@H](c2ccc(Cl)cc2)N(CC2CC2)C1=O. The number of carbonyl (C=O) groups is 1. The maximum Gasteiger partial charge on any atom is 0.238 e. The Balaban J connectivity index is 1.81. The van der Waals surface area contributed by atoms with Crippen LogP contribution in [0.3, 0.4) is 0 Å². The summed E-state index contributed by atoms with van der Waals surface area (Å²) >= 11 is 14.2. The Bertz CT molecular complexity index is 848. The van der Waals surface area contributed by atoms with Gasteiger partial charge in [-0.3, -0.25) is 4.79 Å². The van der Waals surface area contributed by atoms with Gasteiger partial charge in [0.15, 0.2) is 0 Å². The van der Waals surface area contributed by atoms with E-state index in [1.165, 1.54) is 12.8 Å². The lowest BCUT2D eigenvalue weighted by Gasteiger charge is -2.48. The van der Waals surface area contributed by atoms with Gasteiger partial charge in [-0.2, -0.15) is 0 Å². The molecule has 2 aromatic rings. The van der Waals surface area contributed by atoms with Gasteiger partial charge in [-0.15, -0.1) is 11.8 Å². The molecule has 2 nitrogen and oxygen atoms in total. The molecule has 1 saturated carbocycles. The van der Waals surface area contributed by atoms with E-state index in [0.717, 1.165) is 22.7 Å². The number of rotatable bonds is 4. The average molecular weight is 420 g/mol. The van der Waals surface area contributed by atoms with Gasteiger partial charge in [0.1, 0.15) is 0 Å². The minimum absolute atomic E-state index is 0.0214. The summed E-state index contributed by atoms with van der Waals surface area (Å²) in [4.78, 5) is 15.5. The smallest absolute Gasteiger partial charge is 0.238 e. The van der Waals surface area contributed by atoms with Gasteiger partial charge in [-0.05, 0) is 68.0 Å². The van der Waals surface area contributed by atoms with E-state index in [9.17, 15) is 4.79 Å². The van der Waals surface area contributed by atoms with E-state index in [4.69, 9.17) is 23.2 Å². The molecule has 0 bridgehead atoms. The molecule has 1 aliphatic heterocycles. The van der Waals surface area contributed by atoms with E-state index in [2.05, 4.69) is 23.1 Å². The van der Waals surface area contributed by atoms with Crippen molar-refractivity contribution in [3.63, 3.8) is 0 Å². The molecule has 1 saturated heterocycles. The Morgan fingerprint density at radius 3 is 2.37 bits per heavy atom. The zero-order valence-corrected chi connectivity index (χ0v) is 17.8. The van der Waals surface area contributed by atoms with Gasteiger partial charge in [0.2, 0.25) is 5.91 Å². The van der Waals surface area contributed by atoms with Crippen molar-refractivity contribution in [1.29, 1.82) is 0 Å². The Morgan fingerprint density at radius 1 is 1.04 bits per heavy atom. The van der Waals surface area contributed by atoms with Crippen LogP contribution in [0.25, 0.3) is 0 Å². The lowest BCUT2D eigenvalue weighted by atomic mass is 9.94. The molecule has 142 valence electrons. The predicted molar refractivity (Wildman–Crippen MR) is 114 cm³/mol. The molecule has 2 aliphatic rings. The summed E-state index contributed by atoms with van der Waals surface area (Å²) in [6.45, 7) is 4.90. The Kier molecular flexibility index (Phi) is 5.22. The molecule has 2 atom stereocenters. The fourth-order valence-corrected chi connectivity index (χ4v) is 5.68. The van der Waals surface area contributed by atoms with Crippen molar-refractivity contribution >= 4 is 40.9 Å². The molecule has 0 spiro atoms. The van der Waals surface area contributed by atoms with Crippen LogP contribution in [0.5, 0.6) is 0 Å². The minimum atomic E-state index is -0.467. The van der Waals surface area contributed by atoms with E-state index in [0.29, 0.717) is 10.9 Å². The van der Waals surface area contributed by atoms with Crippen LogP contribution in [0.4, 0.5) is 0 Å². The molecule has 0 unspecified atom stereocenters. The van der Waals surface area contributed by atoms with Crippen LogP contribution >= 0.6 is 35.0 Å². The molecular formula is C22H23Cl2NOS. The van der Waals surface area contributed by atoms with Gasteiger partial charge in [0.05, 0.1) is 16.0 Å². The molecule has 1 amide bonds. The minimum Gasteiger partial charge on any atom is -0.333 e. The summed E-state index contributed by atoms with van der Waals surface area (Å²) in [5, 5.41) is 1.56. The Hall–Kier alpha value is -1.16. The highest BCUT2D eigenvalue weighted by Gasteiger charge is 2.49. The molecular weight excluding hydrogens is 397 g/mol. The van der Waals surface area contributed by atoms with E-state index in [-0.39, 0.29) is 17.2 Å². The highest BCUT2D eigenvalue weighted by atomic mass is 35.5. The van der Waals surface area contributed by atoms with Gasteiger partial charge in [0.25, 0.3) is 0 Å². The quantitative estimate of drug-likeness (QED) is 0.560. The summed E-state index contributed by atoms with van der Waals surface area (Å²) in [6, 6.07) is 15.9. The highest BCUT2D eigenvalue weighted by molar-refractivity contribution is 8.01. The maximum absolute atomic E-state index is 13.4. The largest absolute Gasteiger partial charge is 0.333 e. The van der Waals surface area contributed by atoms with Crippen molar-refractivity contribution in [2.75, 3.05) is 6.54 Å². The number of nitrogens with zero attached hydrogens (tertiary/aromatic N) is 1. The van der Waals surface area contributed by atoms with E-state index < -0.39 is 4.75 Å². The van der Waals surface area contributed by atoms with E-state index in [1.54, 1.807) is 11.8 Å². The number of hydrogen-bond donors (Lipinski definition) is 0. The van der Waals surface area contributed by atoms with Gasteiger partial charge in [0, 0.05) is 16.6 Å². The van der Waals surface area contributed by atoms with E-state index >= 15 is 0 Å². The summed E-state index contributed by atoms with van der Waals surface area (Å²) in [7, 11) is 0. The van der Waals surface area contributed by atoms with E-state index in [1.807, 2.05) is 44.2 Å². The normalized spacial score (nSPS) is 24.9. The summed E-state index contributed by atoms with van der Waals surface area (Å²) < 4.78 is -0.467. The zero-order valence-electron chi connectivity index (χ0n) is 15.5. The van der Waals surface area contributed by atoms with Crippen molar-refractivity contribution < 1.29 is 4.79 Å². The van der Waals surface area contributed by atoms with Crippen molar-refractivity contribution in [3.05, 3.63) is 69.7 Å². The topological polar surface area (TPSA) is 20.3 Å². The number of hydrogen-bond acceptors (Lipinski definition) is 2. The first kappa shape index (κ1) is 19.2. The van der Waals surface area contributed by atoms with Crippen molar-refractivity contribution in [1.82, 2.24) is 4.90 Å². The number of thioether (sulfide) groups is 1. The molecule has 2 fully saturated rings. The second-order valence-electron chi connectivity index (χ2n) is 8.00. The summed E-state index contributed by atoms with van der Waals surface area (Å²) in [5.41, 5.74) is 2.29. The third-order valence-corrected chi connectivity index (χ3v) is 7.40. The standard InChI is InChI=1S/C22H23Cl2NOS/c1-22(2)21(26)25(13-14-6-7-14)19(15-8-10-17(23)11-9-15)20(27-22)16-4-3-5-18(24)12-16/h3-5,8-12,14,19-20H,6-7,13H2,1-2H3/t19-,20+/m1/s1. The Morgan fingerprint density at radius 2 is 1.74 bits per heavy atom. The van der Waals surface area contributed by atoms with Crippen molar-refractivity contribution in [2.45, 2.75) is 42.7 Å².